The number of aliphatic imine (C=N–C) groups is 1. The lowest BCUT2D eigenvalue weighted by molar-refractivity contribution is -0.644. The summed E-state index contributed by atoms with van der Waals surface area (Å²) in [6.07, 6.45) is 0. The van der Waals surface area contributed by atoms with Crippen LogP contribution in [0.2, 0.25) is 0 Å². The Morgan fingerprint density at radius 2 is 1.60 bits per heavy atom. The first-order chi connectivity index (χ1) is 20.5. The molecule has 4 aromatic carbocycles. The van der Waals surface area contributed by atoms with Gasteiger partial charge in [-0.2, -0.15) is 4.57 Å². The van der Waals surface area contributed by atoms with Gasteiger partial charge in [0.2, 0.25) is 16.4 Å². The maximum atomic E-state index is 12.3. The Kier molecular flexibility index (Phi) is 9.32. The molecule has 0 saturated carbocycles. The molecule has 0 amide bonds. The zero-order chi connectivity index (χ0) is 29.1. The predicted octanol–water partition coefficient (Wildman–Crippen LogP) is 3.38. The van der Waals surface area contributed by atoms with Crippen LogP contribution in [0.3, 0.4) is 0 Å². The highest BCUT2D eigenvalue weighted by Gasteiger charge is 2.26. The molecule has 0 saturated heterocycles. The summed E-state index contributed by atoms with van der Waals surface area (Å²) in [5.41, 5.74) is 14.0. The van der Waals surface area contributed by atoms with Gasteiger partial charge in [-0.25, -0.2) is 9.79 Å². The quantitative estimate of drug-likeness (QED) is 0.0896. The maximum absolute atomic E-state index is 12.3. The van der Waals surface area contributed by atoms with Crippen molar-refractivity contribution in [3.8, 4) is 11.3 Å². The topological polar surface area (TPSA) is 104 Å². The second-order valence-electron chi connectivity index (χ2n) is 9.98. The van der Waals surface area contributed by atoms with Gasteiger partial charge in [0.25, 0.3) is 0 Å². The molecule has 1 aliphatic heterocycles. The van der Waals surface area contributed by atoms with Gasteiger partial charge in [0.1, 0.15) is 5.71 Å². The Hall–Kier alpha value is -4.35. The number of carbonyl (C=O) groups is 1. The second kappa shape index (κ2) is 13.3. The van der Waals surface area contributed by atoms with Crippen molar-refractivity contribution in [3.05, 3.63) is 131 Å². The molecule has 0 spiro atoms. The van der Waals surface area contributed by atoms with Crippen molar-refractivity contribution in [3.63, 3.8) is 0 Å². The van der Waals surface area contributed by atoms with Crippen LogP contribution in [0.25, 0.3) is 22.2 Å². The lowest BCUT2D eigenvalue weighted by Gasteiger charge is -2.11. The highest BCUT2D eigenvalue weighted by Crippen LogP contribution is 2.25. The Balaban J connectivity index is 0.00000368. The Morgan fingerprint density at radius 1 is 0.930 bits per heavy atom. The zero-order valence-electron chi connectivity index (χ0n) is 23.3. The number of halogens is 1. The minimum Gasteiger partial charge on any atom is -1.00 e. The number of rotatable bonds is 7. The SMILES string of the molecule is Cc1ccc(-c2cc(C(=O)O)c3ccccc3[n+]2C/C(=N/N=C2/N=C(c3ccc(N)cc3)CS2)c2ccccc2)cc1.[I-]. The van der Waals surface area contributed by atoms with Gasteiger partial charge in [-0.05, 0) is 42.8 Å². The number of nitrogens with zero attached hydrogens (tertiary/aromatic N) is 4. The number of carboxylic acids is 1. The van der Waals surface area contributed by atoms with E-state index in [1.165, 1.54) is 11.8 Å². The van der Waals surface area contributed by atoms with Crippen LogP contribution in [0, 0.1) is 6.92 Å². The van der Waals surface area contributed by atoms with Gasteiger partial charge in [-0.3, -0.25) is 0 Å². The number of pyridine rings is 1. The molecular formula is C34H28IN5O2S. The van der Waals surface area contributed by atoms with Crippen molar-refractivity contribution in [2.24, 2.45) is 15.2 Å². The number of amidine groups is 1. The molecule has 7 nitrogen and oxygen atoms in total. The predicted molar refractivity (Wildman–Crippen MR) is 172 cm³/mol. The first kappa shape index (κ1) is 30.1. The number of nitrogen functional groups attached to an aromatic ring is 1. The zero-order valence-corrected chi connectivity index (χ0v) is 26.3. The molecular weight excluding hydrogens is 669 g/mol. The minimum atomic E-state index is -0.969. The number of nitrogens with two attached hydrogens (primary N) is 1. The Labute approximate surface area is 270 Å². The number of thioether (sulfide) groups is 1. The lowest BCUT2D eigenvalue weighted by Crippen LogP contribution is -3.00. The van der Waals surface area contributed by atoms with E-state index in [-0.39, 0.29) is 29.5 Å². The minimum absolute atomic E-state index is 0. The summed E-state index contributed by atoms with van der Waals surface area (Å²) in [4.78, 5) is 17.1. The van der Waals surface area contributed by atoms with Crippen LogP contribution in [0.15, 0.2) is 124 Å². The lowest BCUT2D eigenvalue weighted by atomic mass is 10.0. The Bertz CT molecular complexity index is 1890. The highest BCUT2D eigenvalue weighted by atomic mass is 127. The number of hydrogen-bond acceptors (Lipinski definition) is 5. The van der Waals surface area contributed by atoms with Crippen LogP contribution in [-0.2, 0) is 6.54 Å². The summed E-state index contributed by atoms with van der Waals surface area (Å²) in [7, 11) is 0. The molecule has 0 fully saturated rings. The van der Waals surface area contributed by atoms with Gasteiger partial charge in [0.15, 0.2) is 6.54 Å². The fraction of sp³-hybridized carbons (Fsp3) is 0.0882. The van der Waals surface area contributed by atoms with Crippen LogP contribution in [0.5, 0.6) is 0 Å². The summed E-state index contributed by atoms with van der Waals surface area (Å²) in [5, 5.41) is 20.7. The van der Waals surface area contributed by atoms with Crippen LogP contribution in [0.1, 0.15) is 27.0 Å². The van der Waals surface area contributed by atoms with E-state index in [0.717, 1.165) is 44.9 Å². The van der Waals surface area contributed by atoms with Crippen molar-refractivity contribution in [2.45, 2.75) is 13.5 Å². The van der Waals surface area contributed by atoms with E-state index in [1.54, 1.807) is 6.07 Å². The molecule has 0 radical (unpaired) electrons. The largest absolute Gasteiger partial charge is 1.00 e. The summed E-state index contributed by atoms with van der Waals surface area (Å²) in [6.45, 7) is 2.39. The van der Waals surface area contributed by atoms with Crippen LogP contribution in [-0.4, -0.2) is 33.4 Å². The average molecular weight is 698 g/mol. The van der Waals surface area contributed by atoms with Gasteiger partial charge in [0.05, 0.1) is 16.7 Å². The Morgan fingerprint density at radius 3 is 2.33 bits per heavy atom. The molecule has 2 heterocycles. The third-order valence-electron chi connectivity index (χ3n) is 7.12. The molecule has 1 aliphatic rings. The van der Waals surface area contributed by atoms with E-state index in [1.807, 2.05) is 110 Å². The molecule has 214 valence electrons. The molecule has 9 heteroatoms. The summed E-state index contributed by atoms with van der Waals surface area (Å²) >= 11 is 1.54. The average Bonchev–Trinajstić information content (AvgIpc) is 3.49. The van der Waals surface area contributed by atoms with E-state index in [0.29, 0.717) is 28.5 Å². The number of hydrogen-bond donors (Lipinski definition) is 2. The standard InChI is InChI=1S/C34H27N5O2S.HI/c1-22-11-13-25(14-12-22)32-19-28(33(40)41)27-9-5-6-10-31(27)39(32)20-29(23-7-3-2-4-8-23)37-38-34-36-30(21-42-34)24-15-17-26(35)18-16-24;/h2-19H,20-21H2,1H3,(H2-,35,36,38,40,41);1H/b37-29-;. The number of aromatic carboxylic acids is 1. The van der Waals surface area contributed by atoms with Gasteiger partial charge in [0, 0.05) is 34.7 Å². The first-order valence-electron chi connectivity index (χ1n) is 13.5. The van der Waals surface area contributed by atoms with Gasteiger partial charge >= 0.3 is 5.97 Å². The number of aryl methyl sites for hydroxylation is 1. The van der Waals surface area contributed by atoms with Gasteiger partial charge in [-0.15, -0.1) is 10.2 Å². The smallest absolute Gasteiger partial charge is 0.336 e. The first-order valence-corrected chi connectivity index (χ1v) is 14.5. The number of carboxylic acid groups (broad SMARTS) is 1. The van der Waals surface area contributed by atoms with Crippen molar-refractivity contribution in [1.82, 2.24) is 0 Å². The van der Waals surface area contributed by atoms with E-state index >= 15 is 0 Å². The normalized spacial score (nSPS) is 14.0. The molecule has 43 heavy (non-hydrogen) atoms. The van der Waals surface area contributed by atoms with Crippen LogP contribution in [0.4, 0.5) is 5.69 Å². The summed E-state index contributed by atoms with van der Waals surface area (Å²) in [5.74, 6) is -0.268. The van der Waals surface area contributed by atoms with E-state index in [2.05, 4.69) is 9.67 Å². The fourth-order valence-electron chi connectivity index (χ4n) is 4.92. The van der Waals surface area contributed by atoms with Gasteiger partial charge in [-0.1, -0.05) is 84.1 Å². The van der Waals surface area contributed by atoms with Crippen LogP contribution < -0.4 is 34.3 Å². The summed E-state index contributed by atoms with van der Waals surface area (Å²) < 4.78 is 2.11. The van der Waals surface area contributed by atoms with Crippen molar-refractivity contribution in [1.29, 1.82) is 0 Å². The third kappa shape index (κ3) is 6.68. The third-order valence-corrected chi connectivity index (χ3v) is 7.97. The molecule has 0 bridgehead atoms. The second-order valence-corrected chi connectivity index (χ2v) is 10.9. The van der Waals surface area contributed by atoms with Gasteiger partial charge < -0.3 is 34.8 Å². The number of anilines is 1. The van der Waals surface area contributed by atoms with Crippen molar-refractivity contribution in [2.75, 3.05) is 11.5 Å². The number of para-hydroxylation sites is 1. The van der Waals surface area contributed by atoms with E-state index in [4.69, 9.17) is 15.8 Å². The van der Waals surface area contributed by atoms with Crippen LogP contribution >= 0.6 is 11.8 Å². The molecule has 0 aliphatic carbocycles. The maximum Gasteiger partial charge on any atom is 0.336 e. The van der Waals surface area contributed by atoms with Crippen molar-refractivity contribution < 1.29 is 38.4 Å². The van der Waals surface area contributed by atoms with Crippen molar-refractivity contribution >= 4 is 50.9 Å². The molecule has 3 N–H and O–H groups in total. The monoisotopic (exact) mass is 697 g/mol. The molecule has 0 atom stereocenters. The van der Waals surface area contributed by atoms with E-state index in [9.17, 15) is 9.90 Å². The fourth-order valence-corrected chi connectivity index (χ4v) is 5.69. The number of fused-ring (bicyclic) bond motifs is 1. The molecule has 1 aromatic heterocycles. The molecule has 6 rings (SSSR count). The highest BCUT2D eigenvalue weighted by molar-refractivity contribution is 8.15. The number of aromatic nitrogens is 1. The molecule has 5 aromatic rings. The molecule has 0 unspecified atom stereocenters. The summed E-state index contributed by atoms with van der Waals surface area (Å²) in [6, 6.07) is 35.0. The number of benzene rings is 4. The van der Waals surface area contributed by atoms with E-state index < -0.39 is 5.97 Å².